The van der Waals surface area contributed by atoms with E-state index in [9.17, 15) is 0 Å². The Labute approximate surface area is 69.8 Å². The summed E-state index contributed by atoms with van der Waals surface area (Å²) < 4.78 is 0. The summed E-state index contributed by atoms with van der Waals surface area (Å²) >= 11 is 1.95. The van der Waals surface area contributed by atoms with Crippen LogP contribution in [0.2, 0.25) is 0 Å². The van der Waals surface area contributed by atoms with Gasteiger partial charge in [-0.2, -0.15) is 11.8 Å². The van der Waals surface area contributed by atoms with E-state index in [0.29, 0.717) is 5.41 Å². The van der Waals surface area contributed by atoms with Gasteiger partial charge in [-0.3, -0.25) is 0 Å². The second-order valence-corrected chi connectivity index (χ2v) is 4.64. The van der Waals surface area contributed by atoms with Crippen LogP contribution in [0.5, 0.6) is 0 Å². The van der Waals surface area contributed by atoms with Crippen LogP contribution in [0.25, 0.3) is 0 Å². The van der Waals surface area contributed by atoms with Crippen molar-refractivity contribution in [2.45, 2.75) is 40.0 Å². The second kappa shape index (κ2) is 5.06. The SMILES string of the molecule is CCCC(C)(C)CCSC. The molecule has 0 heterocycles. The third kappa shape index (κ3) is 5.16. The molecule has 0 saturated carbocycles. The van der Waals surface area contributed by atoms with Crippen LogP contribution >= 0.6 is 11.8 Å². The van der Waals surface area contributed by atoms with Crippen molar-refractivity contribution in [1.29, 1.82) is 0 Å². The monoisotopic (exact) mass is 160 g/mol. The highest BCUT2D eigenvalue weighted by atomic mass is 32.2. The molecule has 62 valence electrons. The average molecular weight is 160 g/mol. The van der Waals surface area contributed by atoms with Crippen molar-refractivity contribution in [2.24, 2.45) is 5.41 Å². The lowest BCUT2D eigenvalue weighted by molar-refractivity contribution is 0.321. The van der Waals surface area contributed by atoms with Gasteiger partial charge in [-0.1, -0.05) is 27.2 Å². The first kappa shape index (κ1) is 10.3. The van der Waals surface area contributed by atoms with Crippen LogP contribution in [0.3, 0.4) is 0 Å². The predicted molar refractivity (Wildman–Crippen MR) is 51.7 cm³/mol. The Kier molecular flexibility index (Phi) is 5.24. The molecule has 0 saturated heterocycles. The molecular weight excluding hydrogens is 140 g/mol. The summed E-state index contributed by atoms with van der Waals surface area (Å²) in [5, 5.41) is 0. The van der Waals surface area contributed by atoms with Crippen LogP contribution < -0.4 is 0 Å². The molecule has 0 nitrogen and oxygen atoms in total. The lowest BCUT2D eigenvalue weighted by Crippen LogP contribution is -2.11. The van der Waals surface area contributed by atoms with Crippen LogP contribution in [0, 0.1) is 5.41 Å². The highest BCUT2D eigenvalue weighted by Gasteiger charge is 2.14. The van der Waals surface area contributed by atoms with E-state index in [1.165, 1.54) is 25.0 Å². The molecule has 0 rings (SSSR count). The Balaban J connectivity index is 3.42. The summed E-state index contributed by atoms with van der Waals surface area (Å²) in [6.45, 7) is 7.00. The van der Waals surface area contributed by atoms with Gasteiger partial charge in [-0.05, 0) is 30.3 Å². The Hall–Kier alpha value is 0.350. The van der Waals surface area contributed by atoms with Gasteiger partial charge in [0, 0.05) is 0 Å². The van der Waals surface area contributed by atoms with Crippen molar-refractivity contribution in [3.8, 4) is 0 Å². The maximum atomic E-state index is 2.37. The minimum Gasteiger partial charge on any atom is -0.165 e. The van der Waals surface area contributed by atoms with Crippen molar-refractivity contribution in [1.82, 2.24) is 0 Å². The van der Waals surface area contributed by atoms with Gasteiger partial charge in [0.05, 0.1) is 0 Å². The summed E-state index contributed by atoms with van der Waals surface area (Å²) in [7, 11) is 0. The quantitative estimate of drug-likeness (QED) is 0.592. The maximum Gasteiger partial charge on any atom is -0.00652 e. The zero-order valence-corrected chi connectivity index (χ0v) is 8.55. The van der Waals surface area contributed by atoms with Crippen molar-refractivity contribution >= 4 is 11.8 Å². The molecule has 0 unspecified atom stereocenters. The summed E-state index contributed by atoms with van der Waals surface area (Å²) in [5.41, 5.74) is 0.581. The Bertz CT molecular complexity index is 76.8. The largest absolute Gasteiger partial charge is 0.165 e. The Morgan fingerprint density at radius 1 is 1.20 bits per heavy atom. The standard InChI is InChI=1S/C9H20S/c1-5-6-9(2,3)7-8-10-4/h5-8H2,1-4H3. The first-order valence-electron chi connectivity index (χ1n) is 4.11. The molecule has 0 atom stereocenters. The van der Waals surface area contributed by atoms with Crippen LogP contribution in [0.4, 0.5) is 0 Å². The molecule has 0 aliphatic carbocycles. The van der Waals surface area contributed by atoms with Crippen molar-refractivity contribution in [3.05, 3.63) is 0 Å². The third-order valence-corrected chi connectivity index (χ3v) is 2.52. The summed E-state index contributed by atoms with van der Waals surface area (Å²) in [4.78, 5) is 0. The first-order chi connectivity index (χ1) is 4.62. The highest BCUT2D eigenvalue weighted by Crippen LogP contribution is 2.27. The van der Waals surface area contributed by atoms with Gasteiger partial charge < -0.3 is 0 Å². The fourth-order valence-electron chi connectivity index (χ4n) is 1.18. The molecule has 0 spiro atoms. The molecule has 0 aliphatic rings. The molecule has 0 aromatic heterocycles. The maximum absolute atomic E-state index is 2.37. The van der Waals surface area contributed by atoms with E-state index >= 15 is 0 Å². The summed E-state index contributed by atoms with van der Waals surface area (Å²) in [6.07, 6.45) is 6.24. The zero-order chi connectivity index (χ0) is 8.04. The molecule has 1 heteroatoms. The molecule has 0 aliphatic heterocycles. The number of hydrogen-bond acceptors (Lipinski definition) is 1. The van der Waals surface area contributed by atoms with E-state index in [-0.39, 0.29) is 0 Å². The van der Waals surface area contributed by atoms with E-state index in [0.717, 1.165) is 0 Å². The summed E-state index contributed by atoms with van der Waals surface area (Å²) in [6, 6.07) is 0. The molecule has 0 amide bonds. The lowest BCUT2D eigenvalue weighted by Gasteiger charge is -2.22. The van der Waals surface area contributed by atoms with E-state index in [4.69, 9.17) is 0 Å². The topological polar surface area (TPSA) is 0 Å². The molecule has 10 heavy (non-hydrogen) atoms. The highest BCUT2D eigenvalue weighted by molar-refractivity contribution is 7.98. The Morgan fingerprint density at radius 3 is 2.20 bits per heavy atom. The van der Waals surface area contributed by atoms with E-state index in [2.05, 4.69) is 27.0 Å². The van der Waals surface area contributed by atoms with Crippen molar-refractivity contribution in [2.75, 3.05) is 12.0 Å². The fraction of sp³-hybridized carbons (Fsp3) is 1.00. The third-order valence-electron chi connectivity index (χ3n) is 1.91. The van der Waals surface area contributed by atoms with E-state index in [1.807, 2.05) is 11.8 Å². The molecule has 0 bridgehead atoms. The van der Waals surface area contributed by atoms with Crippen LogP contribution in [0.15, 0.2) is 0 Å². The van der Waals surface area contributed by atoms with Crippen LogP contribution in [-0.2, 0) is 0 Å². The van der Waals surface area contributed by atoms with Crippen molar-refractivity contribution in [3.63, 3.8) is 0 Å². The lowest BCUT2D eigenvalue weighted by atomic mass is 9.85. The van der Waals surface area contributed by atoms with E-state index in [1.54, 1.807) is 0 Å². The van der Waals surface area contributed by atoms with Gasteiger partial charge >= 0.3 is 0 Å². The minimum absolute atomic E-state index is 0.581. The molecule has 0 N–H and O–H groups in total. The van der Waals surface area contributed by atoms with E-state index < -0.39 is 0 Å². The number of thioether (sulfide) groups is 1. The second-order valence-electron chi connectivity index (χ2n) is 3.66. The number of rotatable bonds is 5. The van der Waals surface area contributed by atoms with Crippen molar-refractivity contribution < 1.29 is 0 Å². The Morgan fingerprint density at radius 2 is 1.80 bits per heavy atom. The normalized spacial score (nSPS) is 12.0. The zero-order valence-electron chi connectivity index (χ0n) is 7.74. The molecular formula is C9H20S. The van der Waals surface area contributed by atoms with Gasteiger partial charge in [0.2, 0.25) is 0 Å². The molecule has 0 aromatic rings. The first-order valence-corrected chi connectivity index (χ1v) is 5.50. The van der Waals surface area contributed by atoms with Gasteiger partial charge in [-0.25, -0.2) is 0 Å². The van der Waals surface area contributed by atoms with Gasteiger partial charge in [-0.15, -0.1) is 0 Å². The summed E-state index contributed by atoms with van der Waals surface area (Å²) in [5.74, 6) is 1.31. The average Bonchev–Trinajstić information content (AvgIpc) is 1.84. The molecule has 0 aromatic carbocycles. The number of hydrogen-bond donors (Lipinski definition) is 0. The van der Waals surface area contributed by atoms with Crippen LogP contribution in [0.1, 0.15) is 40.0 Å². The molecule has 0 radical (unpaired) electrons. The molecule has 0 fully saturated rings. The predicted octanol–water partition coefficient (Wildman–Crippen LogP) is 3.57. The van der Waals surface area contributed by atoms with Gasteiger partial charge in [0.25, 0.3) is 0 Å². The van der Waals surface area contributed by atoms with Crippen LogP contribution in [-0.4, -0.2) is 12.0 Å². The van der Waals surface area contributed by atoms with Gasteiger partial charge in [0.15, 0.2) is 0 Å². The smallest absolute Gasteiger partial charge is 0.00652 e. The minimum atomic E-state index is 0.581. The van der Waals surface area contributed by atoms with Gasteiger partial charge in [0.1, 0.15) is 0 Å². The fourth-order valence-corrected chi connectivity index (χ4v) is 1.94.